The standard InChI is InChI=1S/C15H16N2O3S3/c1-9-10(2)17-20-15(9)13-7-14(11(3)22-13)23(18,19)16-8-12-5-4-6-21-12/h4-7,16H,8H2,1-3H3. The van der Waals surface area contributed by atoms with Gasteiger partial charge in [-0.3, -0.25) is 0 Å². The Hall–Kier alpha value is -1.48. The summed E-state index contributed by atoms with van der Waals surface area (Å²) in [4.78, 5) is 2.77. The Bertz CT molecular complexity index is 921. The lowest BCUT2D eigenvalue weighted by atomic mass is 10.2. The summed E-state index contributed by atoms with van der Waals surface area (Å²) in [5.74, 6) is 0.635. The highest BCUT2D eigenvalue weighted by Gasteiger charge is 2.23. The van der Waals surface area contributed by atoms with E-state index in [2.05, 4.69) is 9.88 Å². The van der Waals surface area contributed by atoms with Gasteiger partial charge in [-0.25, -0.2) is 13.1 Å². The van der Waals surface area contributed by atoms with Gasteiger partial charge in [0.2, 0.25) is 10.0 Å². The molecule has 0 bridgehead atoms. The van der Waals surface area contributed by atoms with Gasteiger partial charge >= 0.3 is 0 Å². The first-order valence-electron chi connectivity index (χ1n) is 6.94. The van der Waals surface area contributed by atoms with E-state index in [-0.39, 0.29) is 0 Å². The molecular weight excluding hydrogens is 352 g/mol. The second kappa shape index (κ2) is 6.20. The molecule has 0 atom stereocenters. The fraction of sp³-hybridized carbons (Fsp3) is 0.267. The lowest BCUT2D eigenvalue weighted by Crippen LogP contribution is -2.22. The van der Waals surface area contributed by atoms with E-state index in [4.69, 9.17) is 4.52 Å². The third kappa shape index (κ3) is 3.25. The number of thiophene rings is 2. The fourth-order valence-corrected chi connectivity index (χ4v) is 5.51. The Balaban J connectivity index is 1.89. The monoisotopic (exact) mass is 368 g/mol. The summed E-state index contributed by atoms with van der Waals surface area (Å²) < 4.78 is 33.0. The van der Waals surface area contributed by atoms with E-state index in [1.807, 2.05) is 31.4 Å². The Morgan fingerprint density at radius 2 is 2.09 bits per heavy atom. The minimum absolute atomic E-state index is 0.294. The molecule has 3 heterocycles. The molecule has 3 aromatic heterocycles. The van der Waals surface area contributed by atoms with Crippen LogP contribution >= 0.6 is 22.7 Å². The van der Waals surface area contributed by atoms with Crippen molar-refractivity contribution < 1.29 is 12.9 Å². The van der Waals surface area contributed by atoms with Crippen LogP contribution in [0.25, 0.3) is 10.6 Å². The van der Waals surface area contributed by atoms with Gasteiger partial charge in [-0.05, 0) is 38.3 Å². The summed E-state index contributed by atoms with van der Waals surface area (Å²) in [7, 11) is -3.56. The molecule has 0 unspecified atom stereocenters. The van der Waals surface area contributed by atoms with Crippen molar-refractivity contribution in [1.82, 2.24) is 9.88 Å². The zero-order chi connectivity index (χ0) is 16.6. The minimum atomic E-state index is -3.56. The van der Waals surface area contributed by atoms with E-state index >= 15 is 0 Å². The van der Waals surface area contributed by atoms with E-state index < -0.39 is 10.0 Å². The lowest BCUT2D eigenvalue weighted by molar-refractivity contribution is 0.427. The highest BCUT2D eigenvalue weighted by Crippen LogP contribution is 2.35. The SMILES string of the molecule is Cc1noc(-c2cc(S(=O)(=O)NCc3cccs3)c(C)s2)c1C. The van der Waals surface area contributed by atoms with Crippen molar-refractivity contribution in [2.75, 3.05) is 0 Å². The van der Waals surface area contributed by atoms with Gasteiger partial charge in [0.15, 0.2) is 5.76 Å². The van der Waals surface area contributed by atoms with E-state index in [0.29, 0.717) is 17.2 Å². The molecule has 1 N–H and O–H groups in total. The number of nitrogens with one attached hydrogen (secondary N) is 1. The van der Waals surface area contributed by atoms with Crippen LogP contribution < -0.4 is 4.72 Å². The van der Waals surface area contributed by atoms with Gasteiger partial charge in [0, 0.05) is 21.9 Å². The van der Waals surface area contributed by atoms with Gasteiger partial charge in [0.25, 0.3) is 0 Å². The number of nitrogens with zero attached hydrogens (tertiary/aromatic N) is 1. The normalized spacial score (nSPS) is 12.0. The number of aryl methyl sites for hydroxylation is 2. The summed E-state index contributed by atoms with van der Waals surface area (Å²) >= 11 is 2.92. The maximum atomic E-state index is 12.5. The minimum Gasteiger partial charge on any atom is -0.355 e. The van der Waals surface area contributed by atoms with Crippen LogP contribution in [0.3, 0.4) is 0 Å². The summed E-state index contributed by atoms with van der Waals surface area (Å²) in [5.41, 5.74) is 1.74. The summed E-state index contributed by atoms with van der Waals surface area (Å²) in [6.07, 6.45) is 0. The van der Waals surface area contributed by atoms with Crippen LogP contribution in [0, 0.1) is 20.8 Å². The van der Waals surface area contributed by atoms with E-state index in [1.54, 1.807) is 13.0 Å². The van der Waals surface area contributed by atoms with Crippen molar-refractivity contribution in [3.63, 3.8) is 0 Å². The third-order valence-corrected chi connectivity index (χ3v) is 7.14. The Morgan fingerprint density at radius 1 is 1.30 bits per heavy atom. The lowest BCUT2D eigenvalue weighted by Gasteiger charge is -2.04. The zero-order valence-corrected chi connectivity index (χ0v) is 15.4. The van der Waals surface area contributed by atoms with Crippen LogP contribution in [0.15, 0.2) is 33.0 Å². The number of hydrogen-bond donors (Lipinski definition) is 1. The Morgan fingerprint density at radius 3 is 2.70 bits per heavy atom. The van der Waals surface area contributed by atoms with Crippen molar-refractivity contribution in [2.24, 2.45) is 0 Å². The predicted octanol–water partition coefficient (Wildman–Crippen LogP) is 3.87. The topological polar surface area (TPSA) is 72.2 Å². The molecule has 0 aliphatic heterocycles. The molecule has 0 saturated heterocycles. The van der Waals surface area contributed by atoms with E-state index in [9.17, 15) is 8.42 Å². The van der Waals surface area contributed by atoms with Crippen molar-refractivity contribution in [2.45, 2.75) is 32.2 Å². The molecule has 23 heavy (non-hydrogen) atoms. The molecule has 0 saturated carbocycles. The molecule has 0 aromatic carbocycles. The number of hydrogen-bond acceptors (Lipinski definition) is 6. The molecule has 8 heteroatoms. The number of sulfonamides is 1. The molecule has 3 rings (SSSR count). The molecule has 0 spiro atoms. The molecule has 122 valence electrons. The zero-order valence-electron chi connectivity index (χ0n) is 12.9. The average Bonchev–Trinajstić information content (AvgIpc) is 3.20. The Labute approximate surface area is 143 Å². The van der Waals surface area contributed by atoms with Gasteiger partial charge in [-0.2, -0.15) is 0 Å². The first-order valence-corrected chi connectivity index (χ1v) is 10.1. The van der Waals surface area contributed by atoms with Gasteiger partial charge in [0.1, 0.15) is 0 Å². The van der Waals surface area contributed by atoms with Gasteiger partial charge in [0.05, 0.1) is 15.5 Å². The average molecular weight is 369 g/mol. The first kappa shape index (κ1) is 16.4. The van der Waals surface area contributed by atoms with Crippen LogP contribution in [0.5, 0.6) is 0 Å². The smallest absolute Gasteiger partial charge is 0.242 e. The third-order valence-electron chi connectivity index (χ3n) is 3.56. The molecule has 5 nitrogen and oxygen atoms in total. The van der Waals surface area contributed by atoms with Crippen LogP contribution in [-0.4, -0.2) is 13.6 Å². The predicted molar refractivity (Wildman–Crippen MR) is 92.4 cm³/mol. The fourth-order valence-electron chi connectivity index (χ4n) is 2.15. The van der Waals surface area contributed by atoms with Gasteiger partial charge in [-0.15, -0.1) is 22.7 Å². The van der Waals surface area contributed by atoms with Crippen LogP contribution in [0.4, 0.5) is 0 Å². The first-order chi connectivity index (χ1) is 10.9. The maximum absolute atomic E-state index is 12.5. The number of aromatic nitrogens is 1. The van der Waals surface area contributed by atoms with Crippen LogP contribution in [0.1, 0.15) is 21.0 Å². The summed E-state index contributed by atoms with van der Waals surface area (Å²) in [6, 6.07) is 5.46. The van der Waals surface area contributed by atoms with Gasteiger partial charge in [-0.1, -0.05) is 11.2 Å². The summed E-state index contributed by atoms with van der Waals surface area (Å²) in [5, 5.41) is 5.85. The largest absolute Gasteiger partial charge is 0.355 e. The molecule has 0 radical (unpaired) electrons. The summed E-state index contributed by atoms with van der Waals surface area (Å²) in [6.45, 7) is 5.87. The number of rotatable bonds is 5. The second-order valence-electron chi connectivity index (χ2n) is 5.16. The molecular formula is C15H16N2O3S3. The van der Waals surface area contributed by atoms with E-state index in [1.165, 1.54) is 22.7 Å². The second-order valence-corrected chi connectivity index (χ2v) is 9.18. The molecule has 0 aliphatic carbocycles. The molecule has 3 aromatic rings. The van der Waals surface area contributed by atoms with Crippen LogP contribution in [-0.2, 0) is 16.6 Å². The molecule has 0 fully saturated rings. The Kier molecular flexibility index (Phi) is 4.41. The maximum Gasteiger partial charge on any atom is 0.242 e. The van der Waals surface area contributed by atoms with Crippen LogP contribution in [0.2, 0.25) is 0 Å². The van der Waals surface area contributed by atoms with E-state index in [0.717, 1.165) is 25.9 Å². The molecule has 0 aliphatic rings. The quantitative estimate of drug-likeness (QED) is 0.742. The highest BCUT2D eigenvalue weighted by atomic mass is 32.2. The van der Waals surface area contributed by atoms with Crippen molar-refractivity contribution in [3.8, 4) is 10.6 Å². The van der Waals surface area contributed by atoms with Crippen molar-refractivity contribution >= 4 is 32.7 Å². The highest BCUT2D eigenvalue weighted by molar-refractivity contribution is 7.89. The van der Waals surface area contributed by atoms with Crippen molar-refractivity contribution in [1.29, 1.82) is 0 Å². The molecule has 0 amide bonds. The van der Waals surface area contributed by atoms with Gasteiger partial charge < -0.3 is 4.52 Å². The van der Waals surface area contributed by atoms with Crippen molar-refractivity contribution in [3.05, 3.63) is 44.6 Å².